The molecule has 0 aliphatic rings. The fraction of sp³-hybridized carbons (Fsp3) is 0.583. The van der Waals surface area contributed by atoms with Crippen LogP contribution in [0, 0.1) is 0 Å². The Balaban J connectivity index is 2.28. The quantitative estimate of drug-likeness (QED) is 0.728. The third kappa shape index (κ3) is 4.75. The summed E-state index contributed by atoms with van der Waals surface area (Å²) in [5.74, 6) is 0.307. The van der Waals surface area contributed by atoms with Gasteiger partial charge in [0.15, 0.2) is 0 Å². The molecular formula is C12H20N2O2S. The predicted octanol–water partition coefficient (Wildman–Crippen LogP) is 1.92. The standard InChI is InChI=1S/C12H20N2O2S/c1-3-11(7-15)14-12(16)13-6-9(2)10-4-5-17-8-10/h4-5,8-9,11,15H,3,6-7H2,1-2H3,(H2,13,14,16)/t9?,11-/m0/s1. The van der Waals surface area contributed by atoms with Gasteiger partial charge in [0.2, 0.25) is 0 Å². The summed E-state index contributed by atoms with van der Waals surface area (Å²) in [6, 6.07) is 1.69. The van der Waals surface area contributed by atoms with Crippen LogP contribution in [0.15, 0.2) is 16.8 Å². The van der Waals surface area contributed by atoms with Crippen LogP contribution >= 0.6 is 11.3 Å². The van der Waals surface area contributed by atoms with Gasteiger partial charge in [0.1, 0.15) is 0 Å². The molecule has 0 spiro atoms. The Morgan fingerprint density at radius 2 is 2.35 bits per heavy atom. The number of hydrogen-bond acceptors (Lipinski definition) is 3. The van der Waals surface area contributed by atoms with Crippen molar-refractivity contribution in [3.63, 3.8) is 0 Å². The molecule has 0 aliphatic heterocycles. The molecule has 4 nitrogen and oxygen atoms in total. The first-order valence-corrected chi connectivity index (χ1v) is 6.79. The highest BCUT2D eigenvalue weighted by Crippen LogP contribution is 2.16. The van der Waals surface area contributed by atoms with Crippen LogP contribution in [0.1, 0.15) is 31.7 Å². The minimum atomic E-state index is -0.215. The molecule has 5 heteroatoms. The summed E-state index contributed by atoms with van der Waals surface area (Å²) in [7, 11) is 0. The molecule has 0 aromatic carbocycles. The minimum absolute atomic E-state index is 0.0238. The number of hydrogen-bond donors (Lipinski definition) is 3. The smallest absolute Gasteiger partial charge is 0.315 e. The van der Waals surface area contributed by atoms with Gasteiger partial charge in [0, 0.05) is 6.54 Å². The third-order valence-electron chi connectivity index (χ3n) is 2.73. The number of nitrogens with one attached hydrogen (secondary N) is 2. The molecule has 1 rings (SSSR count). The van der Waals surface area contributed by atoms with Crippen LogP contribution < -0.4 is 10.6 Å². The van der Waals surface area contributed by atoms with Gasteiger partial charge in [-0.25, -0.2) is 4.79 Å². The Morgan fingerprint density at radius 3 is 2.88 bits per heavy atom. The maximum atomic E-state index is 11.5. The molecule has 2 atom stereocenters. The second-order valence-electron chi connectivity index (χ2n) is 4.10. The van der Waals surface area contributed by atoms with Gasteiger partial charge in [0.25, 0.3) is 0 Å². The number of carbonyl (C=O) groups excluding carboxylic acids is 1. The first-order valence-electron chi connectivity index (χ1n) is 5.84. The molecule has 0 saturated carbocycles. The van der Waals surface area contributed by atoms with Gasteiger partial charge in [-0.2, -0.15) is 11.3 Å². The van der Waals surface area contributed by atoms with Crippen LogP contribution in [0.4, 0.5) is 4.79 Å². The lowest BCUT2D eigenvalue weighted by atomic mass is 10.1. The molecule has 0 radical (unpaired) electrons. The zero-order valence-electron chi connectivity index (χ0n) is 10.3. The first kappa shape index (κ1) is 14.0. The predicted molar refractivity (Wildman–Crippen MR) is 70.4 cm³/mol. The fourth-order valence-corrected chi connectivity index (χ4v) is 2.21. The van der Waals surface area contributed by atoms with E-state index in [-0.39, 0.29) is 18.7 Å². The number of carbonyl (C=O) groups is 1. The van der Waals surface area contributed by atoms with Crippen molar-refractivity contribution in [2.75, 3.05) is 13.2 Å². The zero-order chi connectivity index (χ0) is 12.7. The van der Waals surface area contributed by atoms with Crippen molar-refractivity contribution in [3.8, 4) is 0 Å². The van der Waals surface area contributed by atoms with Crippen molar-refractivity contribution in [1.82, 2.24) is 10.6 Å². The number of urea groups is 1. The van der Waals surface area contributed by atoms with Crippen LogP contribution in [0.25, 0.3) is 0 Å². The van der Waals surface area contributed by atoms with Gasteiger partial charge in [0.05, 0.1) is 12.6 Å². The lowest BCUT2D eigenvalue weighted by Gasteiger charge is -2.16. The normalized spacial score (nSPS) is 14.1. The van der Waals surface area contributed by atoms with E-state index < -0.39 is 0 Å². The molecule has 17 heavy (non-hydrogen) atoms. The summed E-state index contributed by atoms with van der Waals surface area (Å²) in [6.07, 6.45) is 0.726. The van der Waals surface area contributed by atoms with E-state index >= 15 is 0 Å². The monoisotopic (exact) mass is 256 g/mol. The Bertz CT molecular complexity index is 323. The molecule has 1 unspecified atom stereocenters. The number of amides is 2. The van der Waals surface area contributed by atoms with Gasteiger partial charge in [-0.15, -0.1) is 0 Å². The van der Waals surface area contributed by atoms with E-state index in [1.807, 2.05) is 12.3 Å². The number of aliphatic hydroxyl groups excluding tert-OH is 1. The van der Waals surface area contributed by atoms with E-state index in [9.17, 15) is 4.79 Å². The second kappa shape index (κ2) is 7.29. The van der Waals surface area contributed by atoms with E-state index in [0.717, 1.165) is 6.42 Å². The summed E-state index contributed by atoms with van der Waals surface area (Å²) >= 11 is 1.66. The highest BCUT2D eigenvalue weighted by molar-refractivity contribution is 7.07. The van der Waals surface area contributed by atoms with E-state index in [1.54, 1.807) is 11.3 Å². The minimum Gasteiger partial charge on any atom is -0.394 e. The summed E-state index contributed by atoms with van der Waals surface area (Å²) in [5.41, 5.74) is 1.24. The molecule has 1 heterocycles. The summed E-state index contributed by atoms with van der Waals surface area (Å²) < 4.78 is 0. The molecule has 3 N–H and O–H groups in total. The van der Waals surface area contributed by atoms with Gasteiger partial charge < -0.3 is 15.7 Å². The van der Waals surface area contributed by atoms with Crippen LogP contribution in [0.2, 0.25) is 0 Å². The summed E-state index contributed by atoms with van der Waals surface area (Å²) in [5, 5.41) is 18.6. The van der Waals surface area contributed by atoms with Crippen molar-refractivity contribution in [2.45, 2.75) is 32.2 Å². The van der Waals surface area contributed by atoms with Gasteiger partial charge in [-0.3, -0.25) is 0 Å². The Hall–Kier alpha value is -1.07. The third-order valence-corrected chi connectivity index (χ3v) is 3.43. The molecule has 2 amide bonds. The molecule has 0 bridgehead atoms. The number of rotatable bonds is 6. The van der Waals surface area contributed by atoms with E-state index in [4.69, 9.17) is 5.11 Å². The number of thiophene rings is 1. The SMILES string of the molecule is CC[C@@H](CO)NC(=O)NCC(C)c1ccsc1. The van der Waals surface area contributed by atoms with Crippen molar-refractivity contribution in [3.05, 3.63) is 22.4 Å². The maximum absolute atomic E-state index is 11.5. The maximum Gasteiger partial charge on any atom is 0.315 e. The second-order valence-corrected chi connectivity index (χ2v) is 4.88. The molecular weight excluding hydrogens is 236 g/mol. The molecule has 1 aromatic rings. The molecule has 96 valence electrons. The van der Waals surface area contributed by atoms with Crippen molar-refractivity contribution < 1.29 is 9.90 Å². The highest BCUT2D eigenvalue weighted by atomic mass is 32.1. The topological polar surface area (TPSA) is 61.4 Å². The van der Waals surface area contributed by atoms with Crippen molar-refractivity contribution >= 4 is 17.4 Å². The average Bonchev–Trinajstić information content (AvgIpc) is 2.86. The van der Waals surface area contributed by atoms with E-state index in [2.05, 4.69) is 29.0 Å². The van der Waals surface area contributed by atoms with Crippen molar-refractivity contribution in [1.29, 1.82) is 0 Å². The van der Waals surface area contributed by atoms with Gasteiger partial charge >= 0.3 is 6.03 Å². The number of aliphatic hydroxyl groups is 1. The average molecular weight is 256 g/mol. The Kier molecular flexibility index (Phi) is 6.00. The zero-order valence-corrected chi connectivity index (χ0v) is 11.1. The molecule has 0 aliphatic carbocycles. The largest absolute Gasteiger partial charge is 0.394 e. The fourth-order valence-electron chi connectivity index (χ4n) is 1.43. The molecule has 0 saturated heterocycles. The molecule has 1 aromatic heterocycles. The lowest BCUT2D eigenvalue weighted by molar-refractivity contribution is 0.214. The van der Waals surface area contributed by atoms with Gasteiger partial charge in [-0.1, -0.05) is 13.8 Å². The molecule has 0 fully saturated rings. The van der Waals surface area contributed by atoms with Crippen LogP contribution in [-0.2, 0) is 0 Å². The van der Waals surface area contributed by atoms with E-state index in [1.165, 1.54) is 5.56 Å². The lowest BCUT2D eigenvalue weighted by Crippen LogP contribution is -2.44. The van der Waals surface area contributed by atoms with Crippen LogP contribution in [-0.4, -0.2) is 30.3 Å². The first-order chi connectivity index (χ1) is 8.17. The Morgan fingerprint density at radius 1 is 1.59 bits per heavy atom. The van der Waals surface area contributed by atoms with Crippen LogP contribution in [0.5, 0.6) is 0 Å². The van der Waals surface area contributed by atoms with Crippen molar-refractivity contribution in [2.24, 2.45) is 0 Å². The summed E-state index contributed by atoms with van der Waals surface area (Å²) in [4.78, 5) is 11.5. The van der Waals surface area contributed by atoms with Crippen LogP contribution in [0.3, 0.4) is 0 Å². The summed E-state index contributed by atoms with van der Waals surface area (Å²) in [6.45, 7) is 4.58. The van der Waals surface area contributed by atoms with E-state index in [0.29, 0.717) is 12.5 Å². The Labute approximate surface area is 106 Å². The van der Waals surface area contributed by atoms with Gasteiger partial charge in [-0.05, 0) is 34.7 Å². The highest BCUT2D eigenvalue weighted by Gasteiger charge is 2.11.